The number of imidazole rings is 1. The fourth-order valence-corrected chi connectivity index (χ4v) is 3.65. The van der Waals surface area contributed by atoms with Gasteiger partial charge in [-0.05, 0) is 36.1 Å². The Balaban J connectivity index is 1.97. The van der Waals surface area contributed by atoms with E-state index in [1.807, 2.05) is 38.1 Å². The molecular formula is C23H24N2O4. The zero-order chi connectivity index (χ0) is 21.0. The number of aldehydes is 1. The van der Waals surface area contributed by atoms with Gasteiger partial charge in [0.1, 0.15) is 5.69 Å². The Morgan fingerprint density at radius 2 is 1.72 bits per heavy atom. The van der Waals surface area contributed by atoms with Gasteiger partial charge < -0.3 is 5.11 Å². The molecule has 0 spiro atoms. The van der Waals surface area contributed by atoms with Crippen LogP contribution in [0.2, 0.25) is 0 Å². The summed E-state index contributed by atoms with van der Waals surface area (Å²) in [5.41, 5.74) is 3.63. The van der Waals surface area contributed by atoms with Crippen LogP contribution in [0.25, 0.3) is 11.1 Å². The second kappa shape index (κ2) is 8.73. The number of carboxylic acids is 1. The number of aromatic carboxylic acids is 1. The number of nitrogens with zero attached hydrogens (tertiary/aromatic N) is 2. The van der Waals surface area contributed by atoms with Crippen LogP contribution in [-0.4, -0.2) is 26.5 Å². The molecule has 0 saturated heterocycles. The number of carbonyl (C=O) groups is 2. The lowest BCUT2D eigenvalue weighted by atomic mass is 9.99. The molecule has 0 bridgehead atoms. The van der Waals surface area contributed by atoms with Gasteiger partial charge in [-0.25, -0.2) is 9.59 Å². The second-order valence-corrected chi connectivity index (χ2v) is 6.86. The van der Waals surface area contributed by atoms with Gasteiger partial charge in [0.15, 0.2) is 6.29 Å². The average Bonchev–Trinajstić information content (AvgIpc) is 2.99. The van der Waals surface area contributed by atoms with E-state index in [9.17, 15) is 19.5 Å². The van der Waals surface area contributed by atoms with Gasteiger partial charge in [-0.3, -0.25) is 13.9 Å². The molecule has 150 valence electrons. The first-order valence-electron chi connectivity index (χ1n) is 9.70. The Labute approximate surface area is 169 Å². The van der Waals surface area contributed by atoms with Gasteiger partial charge in [0, 0.05) is 6.54 Å². The van der Waals surface area contributed by atoms with Crippen LogP contribution in [0.15, 0.2) is 53.3 Å². The minimum atomic E-state index is -0.970. The van der Waals surface area contributed by atoms with Crippen LogP contribution in [0.4, 0.5) is 0 Å². The summed E-state index contributed by atoms with van der Waals surface area (Å²) in [6, 6.07) is 14.4. The molecule has 1 aromatic heterocycles. The van der Waals surface area contributed by atoms with Crippen LogP contribution in [0.5, 0.6) is 0 Å². The van der Waals surface area contributed by atoms with Gasteiger partial charge in [0.2, 0.25) is 0 Å². The Hall–Kier alpha value is -3.41. The zero-order valence-electron chi connectivity index (χ0n) is 16.6. The van der Waals surface area contributed by atoms with Gasteiger partial charge in [0.25, 0.3) is 0 Å². The van der Waals surface area contributed by atoms with Crippen LogP contribution in [0, 0.1) is 0 Å². The van der Waals surface area contributed by atoms with Crippen molar-refractivity contribution < 1.29 is 14.7 Å². The van der Waals surface area contributed by atoms with Gasteiger partial charge in [-0.15, -0.1) is 0 Å². The van der Waals surface area contributed by atoms with E-state index in [-0.39, 0.29) is 11.3 Å². The molecule has 0 amide bonds. The SMILES string of the molecule is CCCc1c(C=O)n(CC)c(=O)n1Cc1ccc(-c2ccccc2C(=O)O)cc1. The molecule has 0 unspecified atom stereocenters. The standard InChI is InChI=1S/C23H24N2O4/c1-3-7-20-21(15-26)24(4-2)23(29)25(20)14-16-10-12-17(13-11-16)18-8-5-6-9-19(18)22(27)28/h5-6,8-13,15H,3-4,7,14H2,1-2H3,(H,27,28). The number of hydrogen-bond acceptors (Lipinski definition) is 3. The van der Waals surface area contributed by atoms with Crippen molar-refractivity contribution in [2.45, 2.75) is 39.8 Å². The molecule has 0 aliphatic carbocycles. The predicted octanol–water partition coefficient (Wildman–Crippen LogP) is 3.85. The Morgan fingerprint density at radius 1 is 1.03 bits per heavy atom. The van der Waals surface area contributed by atoms with Crippen molar-refractivity contribution in [1.82, 2.24) is 9.13 Å². The molecule has 0 radical (unpaired) electrons. The Kier molecular flexibility index (Phi) is 6.12. The molecule has 0 atom stereocenters. The van der Waals surface area contributed by atoms with Crippen LogP contribution >= 0.6 is 0 Å². The van der Waals surface area contributed by atoms with Gasteiger partial charge in [-0.2, -0.15) is 0 Å². The lowest BCUT2D eigenvalue weighted by molar-refractivity contribution is 0.0697. The summed E-state index contributed by atoms with van der Waals surface area (Å²) in [6.45, 7) is 4.68. The van der Waals surface area contributed by atoms with Crippen LogP contribution < -0.4 is 5.69 Å². The molecule has 0 saturated carbocycles. The van der Waals surface area contributed by atoms with Crippen molar-refractivity contribution in [3.05, 3.63) is 81.5 Å². The van der Waals surface area contributed by atoms with Gasteiger partial charge >= 0.3 is 11.7 Å². The summed E-state index contributed by atoms with van der Waals surface area (Å²) in [7, 11) is 0. The molecule has 3 aromatic rings. The largest absolute Gasteiger partial charge is 0.478 e. The normalized spacial score (nSPS) is 10.8. The molecule has 3 rings (SSSR count). The first-order valence-corrected chi connectivity index (χ1v) is 9.70. The number of rotatable bonds is 8. The highest BCUT2D eigenvalue weighted by atomic mass is 16.4. The van der Waals surface area contributed by atoms with Crippen LogP contribution in [0.1, 0.15) is 52.4 Å². The number of hydrogen-bond donors (Lipinski definition) is 1. The third kappa shape index (κ3) is 3.92. The van der Waals surface area contributed by atoms with Crippen molar-refractivity contribution in [3.8, 4) is 11.1 Å². The quantitative estimate of drug-likeness (QED) is 0.591. The zero-order valence-corrected chi connectivity index (χ0v) is 16.6. The van der Waals surface area contributed by atoms with Crippen molar-refractivity contribution in [2.24, 2.45) is 0 Å². The highest BCUT2D eigenvalue weighted by Gasteiger charge is 2.18. The lowest BCUT2D eigenvalue weighted by Crippen LogP contribution is -2.25. The second-order valence-electron chi connectivity index (χ2n) is 6.86. The van der Waals surface area contributed by atoms with Crippen molar-refractivity contribution in [1.29, 1.82) is 0 Å². The van der Waals surface area contributed by atoms with Gasteiger partial charge in [0.05, 0.1) is 17.8 Å². The summed E-state index contributed by atoms with van der Waals surface area (Å²) in [5, 5.41) is 9.39. The minimum Gasteiger partial charge on any atom is -0.478 e. The Morgan fingerprint density at radius 3 is 2.31 bits per heavy atom. The fourth-order valence-electron chi connectivity index (χ4n) is 3.65. The van der Waals surface area contributed by atoms with E-state index in [0.717, 1.165) is 29.5 Å². The molecular weight excluding hydrogens is 368 g/mol. The summed E-state index contributed by atoms with van der Waals surface area (Å²) >= 11 is 0. The number of aromatic nitrogens is 2. The summed E-state index contributed by atoms with van der Waals surface area (Å²) < 4.78 is 3.17. The van der Waals surface area contributed by atoms with E-state index in [2.05, 4.69) is 0 Å². The van der Waals surface area contributed by atoms with E-state index >= 15 is 0 Å². The summed E-state index contributed by atoms with van der Waals surface area (Å²) in [6.07, 6.45) is 2.25. The first-order chi connectivity index (χ1) is 14.0. The molecule has 29 heavy (non-hydrogen) atoms. The van der Waals surface area contributed by atoms with Crippen LogP contribution in [0.3, 0.4) is 0 Å². The summed E-state index contributed by atoms with van der Waals surface area (Å²) in [4.78, 5) is 35.8. The monoisotopic (exact) mass is 392 g/mol. The van der Waals surface area contributed by atoms with Crippen molar-refractivity contribution in [3.63, 3.8) is 0 Å². The molecule has 0 fully saturated rings. The third-order valence-electron chi connectivity index (χ3n) is 5.05. The van der Waals surface area contributed by atoms with Crippen molar-refractivity contribution >= 4 is 12.3 Å². The highest BCUT2D eigenvalue weighted by molar-refractivity contribution is 5.95. The molecule has 1 N–H and O–H groups in total. The highest BCUT2D eigenvalue weighted by Crippen LogP contribution is 2.24. The van der Waals surface area contributed by atoms with E-state index in [0.29, 0.717) is 30.8 Å². The predicted molar refractivity (Wildman–Crippen MR) is 112 cm³/mol. The first kappa shape index (κ1) is 20.3. The topological polar surface area (TPSA) is 81.3 Å². The number of benzene rings is 2. The lowest BCUT2D eigenvalue weighted by Gasteiger charge is -2.10. The van der Waals surface area contributed by atoms with Gasteiger partial charge in [-0.1, -0.05) is 55.8 Å². The van der Waals surface area contributed by atoms with E-state index in [1.54, 1.807) is 28.8 Å². The maximum atomic E-state index is 12.8. The van der Waals surface area contributed by atoms with Crippen LogP contribution in [-0.2, 0) is 19.5 Å². The number of carboxylic acid groups (broad SMARTS) is 1. The minimum absolute atomic E-state index is 0.182. The fraction of sp³-hybridized carbons (Fsp3) is 0.261. The molecule has 6 heteroatoms. The van der Waals surface area contributed by atoms with E-state index in [1.165, 1.54) is 4.57 Å². The van der Waals surface area contributed by atoms with E-state index in [4.69, 9.17) is 0 Å². The molecule has 6 nitrogen and oxygen atoms in total. The molecule has 0 aliphatic rings. The maximum Gasteiger partial charge on any atom is 0.336 e. The average molecular weight is 392 g/mol. The molecule has 0 aliphatic heterocycles. The number of carbonyl (C=O) groups excluding carboxylic acids is 1. The Bertz CT molecular complexity index is 1090. The van der Waals surface area contributed by atoms with E-state index < -0.39 is 5.97 Å². The summed E-state index contributed by atoms with van der Waals surface area (Å²) in [5.74, 6) is -0.970. The third-order valence-corrected chi connectivity index (χ3v) is 5.05. The molecule has 1 heterocycles. The smallest absolute Gasteiger partial charge is 0.336 e. The van der Waals surface area contributed by atoms with Crippen molar-refractivity contribution in [2.75, 3.05) is 0 Å². The maximum absolute atomic E-state index is 12.8. The molecule has 2 aromatic carbocycles.